The number of rotatable bonds is 8. The maximum atomic E-state index is 13.5. The number of aromatic carboxylic acids is 1. The van der Waals surface area contributed by atoms with Crippen LogP contribution in [0, 0.1) is 5.41 Å². The van der Waals surface area contributed by atoms with Crippen LogP contribution in [0.15, 0.2) is 91.0 Å². The highest BCUT2D eigenvalue weighted by Gasteiger charge is 2.25. The molecule has 0 bridgehead atoms. The number of aromatic amines is 1. The summed E-state index contributed by atoms with van der Waals surface area (Å²) >= 11 is 6.38. The number of Topliss-reactive ketones (excluding diaryl/α,β-unsaturated/α-hetero) is 1. The van der Waals surface area contributed by atoms with Gasteiger partial charge in [-0.2, -0.15) is 0 Å². The Bertz CT molecular complexity index is 1670. The third-order valence-electron chi connectivity index (χ3n) is 7.05. The van der Waals surface area contributed by atoms with Gasteiger partial charge in [0.1, 0.15) is 5.82 Å². The smallest absolute Gasteiger partial charge is 0.336 e. The maximum absolute atomic E-state index is 13.5. The summed E-state index contributed by atoms with van der Waals surface area (Å²) in [6.07, 6.45) is 1.12. The molecule has 0 saturated heterocycles. The van der Waals surface area contributed by atoms with Crippen LogP contribution in [0.25, 0.3) is 33.5 Å². The number of nitrogens with one attached hydrogen (secondary N) is 1. The minimum Gasteiger partial charge on any atom is -0.478 e. The summed E-state index contributed by atoms with van der Waals surface area (Å²) < 4.78 is 0. The lowest BCUT2D eigenvalue weighted by atomic mass is 9.78. The van der Waals surface area contributed by atoms with Crippen LogP contribution in [-0.2, 0) is 0 Å². The second-order valence-electron chi connectivity index (χ2n) is 11.4. The lowest BCUT2D eigenvalue weighted by Gasteiger charge is -2.26. The van der Waals surface area contributed by atoms with Gasteiger partial charge in [-0.25, -0.2) is 9.78 Å². The van der Waals surface area contributed by atoms with E-state index < -0.39 is 5.97 Å². The number of benzene rings is 4. The molecule has 0 aliphatic rings. The van der Waals surface area contributed by atoms with E-state index in [0.29, 0.717) is 34.0 Å². The number of halogens is 1. The number of fused-ring (bicyclic) bond motifs is 1. The van der Waals surface area contributed by atoms with Crippen molar-refractivity contribution in [2.75, 3.05) is 0 Å². The zero-order valence-electron chi connectivity index (χ0n) is 22.7. The van der Waals surface area contributed by atoms with Gasteiger partial charge < -0.3 is 10.1 Å². The predicted octanol–water partition coefficient (Wildman–Crippen LogP) is 9.04. The van der Waals surface area contributed by atoms with E-state index in [0.717, 1.165) is 28.6 Å². The Morgan fingerprint density at radius 1 is 0.875 bits per heavy atom. The molecule has 5 nitrogen and oxygen atoms in total. The summed E-state index contributed by atoms with van der Waals surface area (Å²) in [5.41, 5.74) is 5.04. The first-order valence-electron chi connectivity index (χ1n) is 13.3. The quantitative estimate of drug-likeness (QED) is 0.189. The molecule has 1 atom stereocenters. The van der Waals surface area contributed by atoms with Gasteiger partial charge in [-0.1, -0.05) is 87.0 Å². The van der Waals surface area contributed by atoms with Crippen LogP contribution in [-0.4, -0.2) is 26.8 Å². The Balaban J connectivity index is 1.54. The molecule has 0 saturated carbocycles. The molecule has 5 aromatic rings. The van der Waals surface area contributed by atoms with Crippen LogP contribution in [0.4, 0.5) is 0 Å². The molecule has 0 aliphatic carbocycles. The van der Waals surface area contributed by atoms with E-state index in [-0.39, 0.29) is 22.7 Å². The summed E-state index contributed by atoms with van der Waals surface area (Å²) in [7, 11) is 0. The van der Waals surface area contributed by atoms with Gasteiger partial charge in [0, 0.05) is 22.6 Å². The van der Waals surface area contributed by atoms with Crippen LogP contribution < -0.4 is 0 Å². The van der Waals surface area contributed by atoms with Crippen molar-refractivity contribution in [2.24, 2.45) is 5.41 Å². The molecule has 2 N–H and O–H groups in total. The first-order valence-corrected chi connectivity index (χ1v) is 13.7. The monoisotopic (exact) mass is 550 g/mol. The summed E-state index contributed by atoms with van der Waals surface area (Å²) in [6.45, 7) is 6.49. The Labute approximate surface area is 238 Å². The molecule has 1 heterocycles. The van der Waals surface area contributed by atoms with Crippen molar-refractivity contribution in [2.45, 2.75) is 39.5 Å². The lowest BCUT2D eigenvalue weighted by Crippen LogP contribution is -2.16. The number of carbonyl (C=O) groups excluding carboxylic acids is 1. The first-order chi connectivity index (χ1) is 19.1. The van der Waals surface area contributed by atoms with Crippen LogP contribution in [0.5, 0.6) is 0 Å². The van der Waals surface area contributed by atoms with Crippen molar-refractivity contribution < 1.29 is 14.7 Å². The fraction of sp³-hybridized carbons (Fsp3) is 0.206. The normalized spacial score (nSPS) is 12.4. The van der Waals surface area contributed by atoms with E-state index in [1.165, 1.54) is 6.07 Å². The highest BCUT2D eigenvalue weighted by atomic mass is 35.5. The van der Waals surface area contributed by atoms with Gasteiger partial charge in [-0.15, -0.1) is 0 Å². The number of H-pyrrole nitrogens is 1. The van der Waals surface area contributed by atoms with Crippen molar-refractivity contribution in [3.63, 3.8) is 0 Å². The molecule has 0 aliphatic heterocycles. The number of imidazole rings is 1. The zero-order chi connectivity index (χ0) is 28.4. The van der Waals surface area contributed by atoms with Crippen LogP contribution in [0.3, 0.4) is 0 Å². The van der Waals surface area contributed by atoms with Gasteiger partial charge in [0.05, 0.1) is 16.6 Å². The van der Waals surface area contributed by atoms with Crippen molar-refractivity contribution in [3.8, 4) is 22.5 Å². The lowest BCUT2D eigenvalue weighted by molar-refractivity contribution is 0.0697. The van der Waals surface area contributed by atoms with Crippen LogP contribution in [0.1, 0.15) is 65.8 Å². The molecule has 0 spiro atoms. The van der Waals surface area contributed by atoms with E-state index in [4.69, 9.17) is 16.6 Å². The fourth-order valence-electron chi connectivity index (χ4n) is 5.27. The van der Waals surface area contributed by atoms with E-state index in [1.54, 1.807) is 24.3 Å². The highest BCUT2D eigenvalue weighted by molar-refractivity contribution is 6.31. The van der Waals surface area contributed by atoms with Gasteiger partial charge in [-0.3, -0.25) is 4.79 Å². The number of aromatic nitrogens is 2. The molecule has 4 aromatic carbocycles. The summed E-state index contributed by atoms with van der Waals surface area (Å²) in [5, 5.41) is 10.7. The second kappa shape index (κ2) is 11.1. The van der Waals surface area contributed by atoms with Crippen molar-refractivity contribution in [1.82, 2.24) is 9.97 Å². The van der Waals surface area contributed by atoms with Crippen LogP contribution >= 0.6 is 11.6 Å². The zero-order valence-corrected chi connectivity index (χ0v) is 23.5. The highest BCUT2D eigenvalue weighted by Crippen LogP contribution is 2.38. The first kappa shape index (κ1) is 27.4. The number of hydrogen-bond acceptors (Lipinski definition) is 3. The number of hydrogen-bond donors (Lipinski definition) is 2. The molecule has 0 amide bonds. The van der Waals surface area contributed by atoms with Gasteiger partial charge in [0.2, 0.25) is 0 Å². The number of para-hydroxylation sites is 2. The van der Waals surface area contributed by atoms with E-state index in [1.807, 2.05) is 60.7 Å². The minimum absolute atomic E-state index is 0.0225. The third-order valence-corrected chi connectivity index (χ3v) is 7.28. The predicted molar refractivity (Wildman–Crippen MR) is 161 cm³/mol. The fourth-order valence-corrected chi connectivity index (χ4v) is 5.44. The van der Waals surface area contributed by atoms with Gasteiger partial charge >= 0.3 is 5.97 Å². The summed E-state index contributed by atoms with van der Waals surface area (Å²) in [4.78, 5) is 34.1. The number of ketones is 1. The average molecular weight is 551 g/mol. The Morgan fingerprint density at radius 2 is 1.57 bits per heavy atom. The van der Waals surface area contributed by atoms with E-state index in [9.17, 15) is 14.7 Å². The molecule has 1 unspecified atom stereocenters. The van der Waals surface area contributed by atoms with Crippen molar-refractivity contribution in [1.29, 1.82) is 0 Å². The molecule has 5 rings (SSSR count). The second-order valence-corrected chi connectivity index (χ2v) is 11.8. The molecule has 6 heteroatoms. The topological polar surface area (TPSA) is 83.0 Å². The van der Waals surface area contributed by atoms with E-state index >= 15 is 0 Å². The molecule has 0 fully saturated rings. The Morgan fingerprint density at radius 3 is 2.27 bits per heavy atom. The number of carboxylic acids is 1. The van der Waals surface area contributed by atoms with Gasteiger partial charge in [0.15, 0.2) is 5.78 Å². The summed E-state index contributed by atoms with van der Waals surface area (Å²) in [5.74, 6) is -0.572. The van der Waals surface area contributed by atoms with E-state index in [2.05, 4.69) is 25.8 Å². The molecule has 40 heavy (non-hydrogen) atoms. The largest absolute Gasteiger partial charge is 0.478 e. The van der Waals surface area contributed by atoms with Crippen LogP contribution in [0.2, 0.25) is 5.02 Å². The molecular formula is C34H31ClN2O3. The average Bonchev–Trinajstić information content (AvgIpc) is 3.36. The minimum atomic E-state index is -1.12. The SMILES string of the molecule is CC(C)(C)CC(CC(=O)c1ccc(-c2cc(Cl)ccc2-c2nc3ccccc3[nH]2)c(C(=O)O)c1)c1ccccc1. The number of carboxylic acid groups (broad SMARTS) is 1. The van der Waals surface area contributed by atoms with Gasteiger partial charge in [-0.05, 0) is 70.8 Å². The molecule has 0 radical (unpaired) electrons. The number of carbonyl (C=O) groups is 2. The van der Waals surface area contributed by atoms with Crippen molar-refractivity contribution in [3.05, 3.63) is 113 Å². The maximum Gasteiger partial charge on any atom is 0.336 e. The molecule has 202 valence electrons. The molecular weight excluding hydrogens is 520 g/mol. The summed E-state index contributed by atoms with van der Waals surface area (Å²) in [6, 6.07) is 28.0. The standard InChI is InChI=1S/C34H31ClN2O3/c1-34(2,3)20-23(21-9-5-4-6-10-21)18-31(38)22-13-15-25(28(17-22)33(39)40)27-19-24(35)14-16-26(27)32-36-29-11-7-8-12-30(29)37-32/h4-17,19,23H,18,20H2,1-3H3,(H,36,37)(H,39,40). The van der Waals surface area contributed by atoms with Gasteiger partial charge in [0.25, 0.3) is 0 Å². The molecule has 1 aromatic heterocycles. The Kier molecular flexibility index (Phi) is 7.59. The third kappa shape index (κ3) is 6.00. The Hall–Kier alpha value is -4.22. The number of nitrogens with zero attached hydrogens (tertiary/aromatic N) is 1. The van der Waals surface area contributed by atoms with Crippen molar-refractivity contribution >= 4 is 34.4 Å².